The average Bonchev–Trinajstić information content (AvgIpc) is 3.42. The fourth-order valence-electron chi connectivity index (χ4n) is 2.64. The van der Waals surface area contributed by atoms with Gasteiger partial charge in [-0.15, -0.1) is 4.72 Å². The van der Waals surface area contributed by atoms with E-state index >= 15 is 0 Å². The highest BCUT2D eigenvalue weighted by molar-refractivity contribution is 7.90. The molecule has 1 aromatic carbocycles. The summed E-state index contributed by atoms with van der Waals surface area (Å²) >= 11 is 10.6. The third kappa shape index (κ3) is 4.57. The first-order chi connectivity index (χ1) is 12.6. The molecule has 1 saturated carbocycles. The first-order valence-corrected chi connectivity index (χ1v) is 10.5. The molecule has 27 heavy (non-hydrogen) atoms. The zero-order valence-electron chi connectivity index (χ0n) is 15.2. The second-order valence-electron chi connectivity index (χ2n) is 7.61. The van der Waals surface area contributed by atoms with E-state index in [-0.39, 0.29) is 5.56 Å². The topological polar surface area (TPSA) is 48.0 Å². The molecule has 1 aliphatic rings. The maximum atomic E-state index is 14.7. The highest BCUT2D eigenvalue weighted by atomic mass is 35.5. The second-order valence-corrected chi connectivity index (χ2v) is 10.4. The summed E-state index contributed by atoms with van der Waals surface area (Å²) in [6.07, 6.45) is 3.68. The summed E-state index contributed by atoms with van der Waals surface area (Å²) in [5.41, 5.74) is 1.42. The van der Waals surface area contributed by atoms with E-state index in [1.165, 1.54) is 6.07 Å². The Kier molecular flexibility index (Phi) is 6.04. The van der Waals surface area contributed by atoms with Gasteiger partial charge in [-0.25, -0.2) is 8.78 Å². The van der Waals surface area contributed by atoms with Crippen LogP contribution in [0.2, 0.25) is 10.0 Å². The van der Waals surface area contributed by atoms with Crippen LogP contribution >= 0.6 is 23.2 Å². The average molecular weight is 433 g/mol. The van der Waals surface area contributed by atoms with Gasteiger partial charge in [0.1, 0.15) is 27.4 Å². The van der Waals surface area contributed by atoms with Crippen molar-refractivity contribution in [3.05, 3.63) is 62.9 Å². The monoisotopic (exact) mass is 432 g/mol. The number of aromatic nitrogens is 1. The lowest BCUT2D eigenvalue weighted by atomic mass is 10.00. The molecule has 0 amide bonds. The molecule has 0 saturated heterocycles. The van der Waals surface area contributed by atoms with Crippen molar-refractivity contribution in [2.75, 3.05) is 0 Å². The van der Waals surface area contributed by atoms with E-state index in [1.807, 2.05) is 0 Å². The Bertz CT molecular complexity index is 856. The van der Waals surface area contributed by atoms with Crippen molar-refractivity contribution in [3.63, 3.8) is 0 Å². The molecule has 0 aliphatic heterocycles. The van der Waals surface area contributed by atoms with Crippen molar-refractivity contribution in [2.24, 2.45) is 0 Å². The van der Waals surface area contributed by atoms with Crippen molar-refractivity contribution in [2.45, 2.75) is 50.3 Å². The zero-order chi connectivity index (χ0) is 19.9. The molecule has 2 atom stereocenters. The Morgan fingerprint density at radius 2 is 1.93 bits per heavy atom. The van der Waals surface area contributed by atoms with Crippen LogP contribution in [0.5, 0.6) is 0 Å². The molecule has 146 valence electrons. The van der Waals surface area contributed by atoms with Crippen LogP contribution in [0.1, 0.15) is 62.4 Å². The fourth-order valence-corrected chi connectivity index (χ4v) is 3.97. The molecule has 3 rings (SSSR count). The molecule has 1 heterocycles. The van der Waals surface area contributed by atoms with Gasteiger partial charge in [0.15, 0.2) is 0 Å². The SMILES string of the molecule is CC(C)(C)[S@@+]([O-])NC(c1cnc(C2CC2)c(Cl)c1)c1ccc(F)c(Cl)c1F. The van der Waals surface area contributed by atoms with Gasteiger partial charge in [0.25, 0.3) is 0 Å². The van der Waals surface area contributed by atoms with Crippen molar-refractivity contribution >= 4 is 34.6 Å². The quantitative estimate of drug-likeness (QED) is 0.487. The predicted molar refractivity (Wildman–Crippen MR) is 105 cm³/mol. The zero-order valence-corrected chi connectivity index (χ0v) is 17.5. The van der Waals surface area contributed by atoms with Gasteiger partial charge in [-0.05, 0) is 51.3 Å². The third-order valence-corrected chi connectivity index (χ3v) is 6.56. The van der Waals surface area contributed by atoms with Crippen molar-refractivity contribution in [3.8, 4) is 0 Å². The van der Waals surface area contributed by atoms with E-state index in [9.17, 15) is 13.3 Å². The van der Waals surface area contributed by atoms with Crippen LogP contribution in [-0.4, -0.2) is 14.3 Å². The number of nitrogens with one attached hydrogen (secondary N) is 1. The molecule has 1 aromatic heterocycles. The van der Waals surface area contributed by atoms with Gasteiger partial charge in [0, 0.05) is 29.0 Å². The van der Waals surface area contributed by atoms with Gasteiger partial charge in [0.05, 0.1) is 10.7 Å². The molecule has 1 N–H and O–H groups in total. The Morgan fingerprint density at radius 1 is 1.26 bits per heavy atom. The van der Waals surface area contributed by atoms with Crippen LogP contribution in [0.25, 0.3) is 0 Å². The predicted octanol–water partition coefficient (Wildman–Crippen LogP) is 5.69. The minimum atomic E-state index is -1.52. The number of hydrogen-bond donors (Lipinski definition) is 1. The Morgan fingerprint density at radius 3 is 2.48 bits per heavy atom. The summed E-state index contributed by atoms with van der Waals surface area (Å²) in [7, 11) is 0. The highest BCUT2D eigenvalue weighted by Gasteiger charge is 2.34. The van der Waals surface area contributed by atoms with Gasteiger partial charge in [-0.2, -0.15) is 0 Å². The molecule has 3 nitrogen and oxygen atoms in total. The lowest BCUT2D eigenvalue weighted by Gasteiger charge is -2.28. The number of halogens is 4. The van der Waals surface area contributed by atoms with Gasteiger partial charge in [-0.3, -0.25) is 4.98 Å². The minimum Gasteiger partial charge on any atom is -0.598 e. The lowest BCUT2D eigenvalue weighted by Crippen LogP contribution is -2.41. The van der Waals surface area contributed by atoms with Crippen molar-refractivity contribution in [1.82, 2.24) is 9.71 Å². The number of rotatable bonds is 5. The van der Waals surface area contributed by atoms with E-state index in [0.29, 0.717) is 16.5 Å². The summed E-state index contributed by atoms with van der Waals surface area (Å²) in [5, 5.41) is -0.119. The summed E-state index contributed by atoms with van der Waals surface area (Å²) in [5.74, 6) is -1.39. The molecule has 1 unspecified atom stereocenters. The van der Waals surface area contributed by atoms with E-state index in [2.05, 4.69) is 9.71 Å². The van der Waals surface area contributed by atoms with E-state index < -0.39 is 38.8 Å². The highest BCUT2D eigenvalue weighted by Crippen LogP contribution is 2.43. The van der Waals surface area contributed by atoms with Crippen LogP contribution in [0.4, 0.5) is 8.78 Å². The van der Waals surface area contributed by atoms with Crippen LogP contribution in [-0.2, 0) is 11.4 Å². The molecule has 0 bridgehead atoms. The molecule has 8 heteroatoms. The van der Waals surface area contributed by atoms with Gasteiger partial charge in [-0.1, -0.05) is 29.3 Å². The third-order valence-electron chi connectivity index (χ3n) is 4.35. The fraction of sp³-hybridized carbons (Fsp3) is 0.421. The summed E-state index contributed by atoms with van der Waals surface area (Å²) in [4.78, 5) is 4.43. The maximum absolute atomic E-state index is 14.7. The number of benzene rings is 1. The normalized spacial score (nSPS) is 17.0. The van der Waals surface area contributed by atoms with Crippen LogP contribution in [0.3, 0.4) is 0 Å². The van der Waals surface area contributed by atoms with Crippen LogP contribution in [0, 0.1) is 11.6 Å². The van der Waals surface area contributed by atoms with Crippen molar-refractivity contribution in [1.29, 1.82) is 0 Å². The minimum absolute atomic E-state index is 0.0797. The molecule has 2 aromatic rings. The Balaban J connectivity index is 2.05. The molecule has 0 radical (unpaired) electrons. The first kappa shape index (κ1) is 20.8. The summed E-state index contributed by atoms with van der Waals surface area (Å²) in [6.45, 7) is 5.38. The molecular formula is C19H20Cl2F2N2OS. The summed E-state index contributed by atoms with van der Waals surface area (Å²) < 4.78 is 43.3. The largest absolute Gasteiger partial charge is 0.598 e. The van der Waals surface area contributed by atoms with Gasteiger partial charge in [0.2, 0.25) is 0 Å². The van der Waals surface area contributed by atoms with E-state index in [4.69, 9.17) is 23.2 Å². The number of nitrogens with zero attached hydrogens (tertiary/aromatic N) is 1. The van der Waals surface area contributed by atoms with E-state index in [0.717, 1.165) is 24.6 Å². The standard InChI is InChI=1S/C19H20Cl2F2N2OS/c1-19(2,3)27(26)25-17(12-6-7-14(22)15(21)16(12)23)11-8-13(20)18(24-9-11)10-4-5-10/h6-10,17,25H,4-5H2,1-3H3/t17?,27-/m1/s1. The number of hydrogen-bond acceptors (Lipinski definition) is 3. The maximum Gasteiger partial charge on any atom is 0.150 e. The van der Waals surface area contributed by atoms with E-state index in [1.54, 1.807) is 33.0 Å². The Labute approximate surface area is 170 Å². The van der Waals surface area contributed by atoms with Crippen molar-refractivity contribution < 1.29 is 13.3 Å². The van der Waals surface area contributed by atoms with Gasteiger partial charge < -0.3 is 4.55 Å². The Hall–Kier alpha value is -0.920. The number of pyridine rings is 1. The molecule has 1 fully saturated rings. The van der Waals surface area contributed by atoms with Gasteiger partial charge >= 0.3 is 0 Å². The molecule has 1 aliphatic carbocycles. The molecular weight excluding hydrogens is 413 g/mol. The summed E-state index contributed by atoms with van der Waals surface area (Å²) in [6, 6.07) is 3.22. The van der Waals surface area contributed by atoms with Crippen LogP contribution < -0.4 is 4.72 Å². The second kappa shape index (κ2) is 7.84. The van der Waals surface area contributed by atoms with Crippen LogP contribution in [0.15, 0.2) is 24.4 Å². The smallest absolute Gasteiger partial charge is 0.150 e. The molecule has 0 spiro atoms. The lowest BCUT2D eigenvalue weighted by molar-refractivity contribution is 0.525. The first-order valence-electron chi connectivity index (χ1n) is 8.56.